The Morgan fingerprint density at radius 3 is 2.21 bits per heavy atom. The zero-order valence-electron chi connectivity index (χ0n) is 18.3. The van der Waals surface area contributed by atoms with E-state index in [-0.39, 0.29) is 30.8 Å². The molecule has 0 saturated carbocycles. The maximum absolute atomic E-state index is 14.0. The summed E-state index contributed by atoms with van der Waals surface area (Å²) in [6, 6.07) is 7.91. The molecule has 0 saturated heterocycles. The highest BCUT2D eigenvalue weighted by molar-refractivity contribution is 7.51. The molecule has 0 bridgehead atoms. The largest absolute Gasteiger partial charge is 0.409 e. The zero-order valence-corrected chi connectivity index (χ0v) is 19.2. The standard InChI is InChI=1S/C20H32N3O5P/c1-15(2)22(16(3)4)29(26,27-14-10-13-21)28-19(20(5,6)7)17-11-8-9-12-18(17)23(24)25/h8-9,11-12,15-16,19H,10,14H2,1-7H3. The molecule has 0 radical (unpaired) electrons. The third-order valence-corrected chi connectivity index (χ3v) is 6.73. The van der Waals surface area contributed by atoms with Crippen molar-refractivity contribution in [2.75, 3.05) is 6.61 Å². The highest BCUT2D eigenvalue weighted by Crippen LogP contribution is 2.60. The molecule has 0 aliphatic rings. The molecule has 0 N–H and O–H groups in total. The Bertz CT molecular complexity index is 775. The summed E-state index contributed by atoms with van der Waals surface area (Å²) >= 11 is 0. The second-order valence-corrected chi connectivity index (χ2v) is 10.3. The smallest absolute Gasteiger partial charge is 0.296 e. The summed E-state index contributed by atoms with van der Waals surface area (Å²) in [6.45, 7) is 13.0. The number of benzene rings is 1. The van der Waals surface area contributed by atoms with E-state index in [0.717, 1.165) is 0 Å². The Morgan fingerprint density at radius 1 is 1.21 bits per heavy atom. The monoisotopic (exact) mass is 425 g/mol. The molecule has 2 atom stereocenters. The minimum absolute atomic E-state index is 0.0581. The van der Waals surface area contributed by atoms with Gasteiger partial charge in [-0.05, 0) is 39.2 Å². The average molecular weight is 425 g/mol. The van der Waals surface area contributed by atoms with E-state index in [9.17, 15) is 14.7 Å². The Balaban J connectivity index is 3.53. The number of hydrogen-bond donors (Lipinski definition) is 0. The van der Waals surface area contributed by atoms with Gasteiger partial charge in [0.25, 0.3) is 5.69 Å². The topological polar surface area (TPSA) is 106 Å². The molecule has 0 aliphatic carbocycles. The molecule has 162 valence electrons. The molecule has 0 aliphatic heterocycles. The van der Waals surface area contributed by atoms with Gasteiger partial charge in [-0.15, -0.1) is 0 Å². The van der Waals surface area contributed by atoms with Gasteiger partial charge in [-0.2, -0.15) is 5.26 Å². The summed E-state index contributed by atoms with van der Waals surface area (Å²) < 4.78 is 27.4. The van der Waals surface area contributed by atoms with Crippen LogP contribution < -0.4 is 0 Å². The van der Waals surface area contributed by atoms with Gasteiger partial charge < -0.3 is 0 Å². The fourth-order valence-corrected chi connectivity index (χ4v) is 5.66. The van der Waals surface area contributed by atoms with Crippen LogP contribution in [0.5, 0.6) is 0 Å². The van der Waals surface area contributed by atoms with E-state index in [2.05, 4.69) is 0 Å². The highest BCUT2D eigenvalue weighted by Gasteiger charge is 2.44. The first kappa shape index (κ1) is 25.3. The normalized spacial score (nSPS) is 15.3. The predicted octanol–water partition coefficient (Wildman–Crippen LogP) is 5.86. The van der Waals surface area contributed by atoms with Crippen LogP contribution in [0.25, 0.3) is 0 Å². The Morgan fingerprint density at radius 2 is 1.76 bits per heavy atom. The van der Waals surface area contributed by atoms with E-state index in [1.54, 1.807) is 22.9 Å². The van der Waals surface area contributed by atoms with E-state index in [1.165, 1.54) is 6.07 Å². The first-order valence-electron chi connectivity index (χ1n) is 9.67. The quantitative estimate of drug-likeness (QED) is 0.200. The molecule has 0 fully saturated rings. The van der Waals surface area contributed by atoms with Crippen molar-refractivity contribution >= 4 is 13.4 Å². The molecular weight excluding hydrogens is 393 g/mol. The van der Waals surface area contributed by atoms with Gasteiger partial charge >= 0.3 is 7.75 Å². The maximum Gasteiger partial charge on any atom is 0.409 e. The number of nitro benzene ring substituents is 1. The summed E-state index contributed by atoms with van der Waals surface area (Å²) in [6.07, 6.45) is -0.805. The molecule has 1 rings (SSSR count). The fourth-order valence-electron chi connectivity index (χ4n) is 3.21. The lowest BCUT2D eigenvalue weighted by Crippen LogP contribution is -2.37. The van der Waals surface area contributed by atoms with Crippen LogP contribution in [0, 0.1) is 26.9 Å². The summed E-state index contributed by atoms with van der Waals surface area (Å²) in [5, 5.41) is 20.4. The third kappa shape index (κ3) is 6.61. The van der Waals surface area contributed by atoms with Gasteiger partial charge in [0.1, 0.15) is 6.10 Å². The van der Waals surface area contributed by atoms with E-state index in [1.807, 2.05) is 54.5 Å². The fraction of sp³-hybridized carbons (Fsp3) is 0.650. The molecule has 2 unspecified atom stereocenters. The van der Waals surface area contributed by atoms with Crippen LogP contribution in [0.15, 0.2) is 24.3 Å². The van der Waals surface area contributed by atoms with Crippen molar-refractivity contribution in [3.8, 4) is 6.07 Å². The SMILES string of the molecule is CC(C)N(C(C)C)P(=O)(OCCC#N)OC(c1ccccc1[N+](=O)[O-])C(C)(C)C. The van der Waals surface area contributed by atoms with E-state index in [0.29, 0.717) is 5.56 Å². The van der Waals surface area contributed by atoms with Crippen LogP contribution in [0.1, 0.15) is 66.6 Å². The van der Waals surface area contributed by atoms with Crippen LogP contribution in [0.4, 0.5) is 5.69 Å². The first-order valence-corrected chi connectivity index (χ1v) is 11.2. The van der Waals surface area contributed by atoms with Crippen LogP contribution in [0.2, 0.25) is 0 Å². The van der Waals surface area contributed by atoms with E-state index >= 15 is 0 Å². The lowest BCUT2D eigenvalue weighted by Gasteiger charge is -2.40. The van der Waals surface area contributed by atoms with Crippen LogP contribution in [-0.4, -0.2) is 28.3 Å². The minimum Gasteiger partial charge on any atom is -0.296 e. The second-order valence-electron chi connectivity index (χ2n) is 8.44. The molecule has 0 aromatic heterocycles. The summed E-state index contributed by atoms with van der Waals surface area (Å²) in [4.78, 5) is 11.1. The van der Waals surface area contributed by atoms with Gasteiger partial charge in [0.05, 0.1) is 29.6 Å². The van der Waals surface area contributed by atoms with Crippen molar-refractivity contribution < 1.29 is 18.5 Å². The second kappa shape index (κ2) is 10.3. The summed E-state index contributed by atoms with van der Waals surface area (Å²) in [5.74, 6) is 0. The van der Waals surface area contributed by atoms with Gasteiger partial charge in [0.15, 0.2) is 0 Å². The number of hydrogen-bond acceptors (Lipinski definition) is 6. The summed E-state index contributed by atoms with van der Waals surface area (Å²) in [7, 11) is -3.88. The van der Waals surface area contributed by atoms with Gasteiger partial charge in [-0.25, -0.2) is 9.24 Å². The Hall–Kier alpha value is -1.78. The van der Waals surface area contributed by atoms with Crippen LogP contribution in [-0.2, 0) is 13.6 Å². The van der Waals surface area contributed by atoms with Crippen molar-refractivity contribution in [3.63, 3.8) is 0 Å². The first-order chi connectivity index (χ1) is 13.3. The zero-order chi connectivity index (χ0) is 22.4. The molecule has 1 aromatic rings. The van der Waals surface area contributed by atoms with Gasteiger partial charge in [0, 0.05) is 18.2 Å². The van der Waals surface area contributed by atoms with Crippen molar-refractivity contribution in [2.24, 2.45) is 5.41 Å². The Labute approximate surface area is 173 Å². The number of rotatable bonds is 10. The molecule has 0 amide bonds. The molecule has 9 heteroatoms. The molecule has 0 heterocycles. The predicted molar refractivity (Wildman–Crippen MR) is 112 cm³/mol. The number of nitro groups is 1. The summed E-state index contributed by atoms with van der Waals surface area (Å²) in [5.41, 5.74) is -0.377. The maximum atomic E-state index is 14.0. The van der Waals surface area contributed by atoms with Gasteiger partial charge in [-0.3, -0.25) is 19.2 Å². The molecule has 8 nitrogen and oxygen atoms in total. The number of nitriles is 1. The van der Waals surface area contributed by atoms with Crippen molar-refractivity contribution in [2.45, 2.75) is 73.1 Å². The highest BCUT2D eigenvalue weighted by atomic mass is 31.2. The van der Waals surface area contributed by atoms with Gasteiger partial charge in [0.2, 0.25) is 0 Å². The molecule has 0 spiro atoms. The van der Waals surface area contributed by atoms with Gasteiger partial charge in [-0.1, -0.05) is 32.9 Å². The molecular formula is C20H32N3O5P. The average Bonchev–Trinajstić information content (AvgIpc) is 2.58. The van der Waals surface area contributed by atoms with E-state index < -0.39 is 24.2 Å². The number of nitrogens with zero attached hydrogens (tertiary/aromatic N) is 3. The molecule has 29 heavy (non-hydrogen) atoms. The van der Waals surface area contributed by atoms with Crippen LogP contribution >= 0.6 is 7.75 Å². The minimum atomic E-state index is -3.88. The third-order valence-electron chi connectivity index (χ3n) is 4.25. The van der Waals surface area contributed by atoms with Crippen molar-refractivity contribution in [1.82, 2.24) is 4.67 Å². The van der Waals surface area contributed by atoms with Crippen molar-refractivity contribution in [3.05, 3.63) is 39.9 Å². The molecule has 1 aromatic carbocycles. The lowest BCUT2D eigenvalue weighted by atomic mass is 9.84. The lowest BCUT2D eigenvalue weighted by molar-refractivity contribution is -0.386. The van der Waals surface area contributed by atoms with Crippen molar-refractivity contribution in [1.29, 1.82) is 5.26 Å². The number of para-hydroxylation sites is 1. The Kier molecular flexibility index (Phi) is 8.98. The van der Waals surface area contributed by atoms with E-state index in [4.69, 9.17) is 14.3 Å². The van der Waals surface area contributed by atoms with Crippen LogP contribution in [0.3, 0.4) is 0 Å².